The van der Waals surface area contributed by atoms with Gasteiger partial charge in [0.05, 0.1) is 11.5 Å². The van der Waals surface area contributed by atoms with E-state index < -0.39 is 0 Å². The predicted octanol–water partition coefficient (Wildman–Crippen LogP) is 2.31. The van der Waals surface area contributed by atoms with Gasteiger partial charge in [0.2, 0.25) is 0 Å². The molecule has 3 heteroatoms. The minimum atomic E-state index is -0.190. The van der Waals surface area contributed by atoms with E-state index >= 15 is 0 Å². The molecule has 0 spiro atoms. The highest BCUT2D eigenvalue weighted by molar-refractivity contribution is 4.91. The van der Waals surface area contributed by atoms with Gasteiger partial charge in [-0.15, -0.1) is 0 Å². The molecule has 0 aliphatic heterocycles. The van der Waals surface area contributed by atoms with Gasteiger partial charge >= 0.3 is 0 Å². The van der Waals surface area contributed by atoms with E-state index in [1.54, 1.807) is 0 Å². The Bertz CT molecular complexity index is 220. The van der Waals surface area contributed by atoms with E-state index in [9.17, 15) is 0 Å². The van der Waals surface area contributed by atoms with Gasteiger partial charge in [0.15, 0.2) is 0 Å². The maximum absolute atomic E-state index is 8.97. The smallest absolute Gasteiger partial charge is 0.0683 e. The molecule has 94 valence electrons. The number of aliphatic hydroxyl groups excluding tert-OH is 1. The number of rotatable bonds is 8. The Kier molecular flexibility index (Phi) is 7.36. The number of nitrogens with zero attached hydrogens (tertiary/aromatic N) is 1. The van der Waals surface area contributed by atoms with Crippen LogP contribution in [0.1, 0.15) is 47.0 Å². The Morgan fingerprint density at radius 3 is 2.44 bits per heavy atom. The normalized spacial score (nSPS) is 15.5. The summed E-state index contributed by atoms with van der Waals surface area (Å²) in [5.74, 6) is 0.301. The molecule has 0 amide bonds. The lowest BCUT2D eigenvalue weighted by Gasteiger charge is -2.20. The van der Waals surface area contributed by atoms with Crippen LogP contribution in [0.2, 0.25) is 0 Å². The second-order valence-electron chi connectivity index (χ2n) is 5.36. The first-order valence-corrected chi connectivity index (χ1v) is 6.18. The summed E-state index contributed by atoms with van der Waals surface area (Å²) in [5, 5.41) is 21.2. The van der Waals surface area contributed by atoms with E-state index in [4.69, 9.17) is 10.4 Å². The first-order chi connectivity index (χ1) is 7.43. The first kappa shape index (κ1) is 15.4. The third-order valence-electron chi connectivity index (χ3n) is 3.14. The molecule has 16 heavy (non-hydrogen) atoms. The number of unbranched alkanes of at least 4 members (excludes halogenated alkanes) is 1. The number of nitriles is 1. The van der Waals surface area contributed by atoms with Gasteiger partial charge in [-0.25, -0.2) is 0 Å². The van der Waals surface area contributed by atoms with Gasteiger partial charge in [0, 0.05) is 12.6 Å². The molecule has 0 aromatic carbocycles. The second-order valence-corrected chi connectivity index (χ2v) is 5.36. The van der Waals surface area contributed by atoms with E-state index in [2.05, 4.69) is 18.3 Å². The van der Waals surface area contributed by atoms with Crippen molar-refractivity contribution in [2.45, 2.75) is 53.0 Å². The fourth-order valence-electron chi connectivity index (χ4n) is 1.44. The summed E-state index contributed by atoms with van der Waals surface area (Å²) in [6.07, 6.45) is 3.12. The lowest BCUT2D eigenvalue weighted by molar-refractivity contribution is 0.207. The average Bonchev–Trinajstić information content (AvgIpc) is 2.27. The van der Waals surface area contributed by atoms with E-state index in [0.29, 0.717) is 12.0 Å². The summed E-state index contributed by atoms with van der Waals surface area (Å²) in [6, 6.07) is 2.67. The van der Waals surface area contributed by atoms with Gasteiger partial charge in [0.1, 0.15) is 0 Å². The van der Waals surface area contributed by atoms with Crippen LogP contribution in [0.15, 0.2) is 0 Å². The van der Waals surface area contributed by atoms with Gasteiger partial charge in [-0.2, -0.15) is 5.26 Å². The Morgan fingerprint density at radius 1 is 1.31 bits per heavy atom. The summed E-state index contributed by atoms with van der Waals surface area (Å²) < 4.78 is 0. The Balaban J connectivity index is 3.52. The SMILES string of the molecule is CC(CO)C(C)NCCCCC(C)(C)C#N. The highest BCUT2D eigenvalue weighted by Gasteiger charge is 2.15. The van der Waals surface area contributed by atoms with E-state index in [-0.39, 0.29) is 12.0 Å². The molecule has 0 radical (unpaired) electrons. The van der Waals surface area contributed by atoms with Crippen molar-refractivity contribution in [3.8, 4) is 6.07 Å². The molecular formula is C13H26N2O. The van der Waals surface area contributed by atoms with Crippen molar-refractivity contribution in [1.82, 2.24) is 5.32 Å². The van der Waals surface area contributed by atoms with Gasteiger partial charge in [-0.05, 0) is 46.1 Å². The van der Waals surface area contributed by atoms with Crippen LogP contribution in [0.3, 0.4) is 0 Å². The fourth-order valence-corrected chi connectivity index (χ4v) is 1.44. The van der Waals surface area contributed by atoms with Crippen molar-refractivity contribution < 1.29 is 5.11 Å². The molecule has 0 saturated carbocycles. The molecule has 2 unspecified atom stereocenters. The van der Waals surface area contributed by atoms with Crippen molar-refractivity contribution in [1.29, 1.82) is 5.26 Å². The lowest BCUT2D eigenvalue weighted by atomic mass is 9.89. The second kappa shape index (κ2) is 7.65. The van der Waals surface area contributed by atoms with Gasteiger partial charge < -0.3 is 10.4 Å². The minimum Gasteiger partial charge on any atom is -0.396 e. The topological polar surface area (TPSA) is 56.0 Å². The molecule has 0 saturated heterocycles. The Hall–Kier alpha value is -0.590. The quantitative estimate of drug-likeness (QED) is 0.624. The molecule has 0 heterocycles. The lowest BCUT2D eigenvalue weighted by Crippen LogP contribution is -2.34. The van der Waals surface area contributed by atoms with Crippen LogP contribution >= 0.6 is 0 Å². The zero-order valence-corrected chi connectivity index (χ0v) is 11.1. The van der Waals surface area contributed by atoms with Crippen molar-refractivity contribution in [2.24, 2.45) is 11.3 Å². The van der Waals surface area contributed by atoms with Crippen LogP contribution < -0.4 is 5.32 Å². The van der Waals surface area contributed by atoms with Gasteiger partial charge in [0.25, 0.3) is 0 Å². The molecule has 2 N–H and O–H groups in total. The molecule has 2 atom stereocenters. The number of hydrogen-bond donors (Lipinski definition) is 2. The zero-order chi connectivity index (χ0) is 12.6. The van der Waals surface area contributed by atoms with Crippen molar-refractivity contribution >= 4 is 0 Å². The van der Waals surface area contributed by atoms with Crippen LogP contribution in [0.5, 0.6) is 0 Å². The van der Waals surface area contributed by atoms with E-state index in [1.165, 1.54) is 0 Å². The maximum atomic E-state index is 8.97. The summed E-state index contributed by atoms with van der Waals surface area (Å²) >= 11 is 0. The summed E-state index contributed by atoms with van der Waals surface area (Å²) in [4.78, 5) is 0. The molecule has 0 aliphatic carbocycles. The molecule has 0 rings (SSSR count). The molecule has 0 fully saturated rings. The highest BCUT2D eigenvalue weighted by atomic mass is 16.3. The number of aliphatic hydroxyl groups is 1. The zero-order valence-electron chi connectivity index (χ0n) is 11.1. The summed E-state index contributed by atoms with van der Waals surface area (Å²) in [5.41, 5.74) is -0.190. The van der Waals surface area contributed by atoms with Crippen LogP contribution in [-0.2, 0) is 0 Å². The molecular weight excluding hydrogens is 200 g/mol. The summed E-state index contributed by atoms with van der Waals surface area (Å²) in [6.45, 7) is 9.30. The van der Waals surface area contributed by atoms with Crippen LogP contribution in [-0.4, -0.2) is 24.3 Å². The van der Waals surface area contributed by atoms with Crippen LogP contribution in [0, 0.1) is 22.7 Å². The third kappa shape index (κ3) is 6.81. The standard InChI is InChI=1S/C13H26N2O/c1-11(9-16)12(2)15-8-6-5-7-13(3,4)10-14/h11-12,15-16H,5-9H2,1-4H3. The molecule has 0 aliphatic rings. The first-order valence-electron chi connectivity index (χ1n) is 6.18. The van der Waals surface area contributed by atoms with Crippen molar-refractivity contribution in [3.63, 3.8) is 0 Å². The fraction of sp³-hybridized carbons (Fsp3) is 0.923. The number of nitrogens with one attached hydrogen (secondary N) is 1. The molecule has 0 aromatic rings. The molecule has 0 aromatic heterocycles. The largest absolute Gasteiger partial charge is 0.396 e. The van der Waals surface area contributed by atoms with Gasteiger partial charge in [-0.1, -0.05) is 13.3 Å². The van der Waals surface area contributed by atoms with Crippen molar-refractivity contribution in [3.05, 3.63) is 0 Å². The van der Waals surface area contributed by atoms with E-state index in [1.807, 2.05) is 20.8 Å². The van der Waals surface area contributed by atoms with Crippen LogP contribution in [0.25, 0.3) is 0 Å². The molecule has 3 nitrogen and oxygen atoms in total. The van der Waals surface area contributed by atoms with E-state index in [0.717, 1.165) is 25.8 Å². The summed E-state index contributed by atoms with van der Waals surface area (Å²) in [7, 11) is 0. The Labute approximate surface area is 99.9 Å². The Morgan fingerprint density at radius 2 is 1.94 bits per heavy atom. The minimum absolute atomic E-state index is 0.190. The molecule has 0 bridgehead atoms. The van der Waals surface area contributed by atoms with Gasteiger partial charge in [-0.3, -0.25) is 0 Å². The average molecular weight is 226 g/mol. The van der Waals surface area contributed by atoms with Crippen LogP contribution in [0.4, 0.5) is 0 Å². The van der Waals surface area contributed by atoms with Crippen molar-refractivity contribution in [2.75, 3.05) is 13.2 Å². The highest BCUT2D eigenvalue weighted by Crippen LogP contribution is 2.21. The maximum Gasteiger partial charge on any atom is 0.0683 e. The predicted molar refractivity (Wildman–Crippen MR) is 67.0 cm³/mol. The third-order valence-corrected chi connectivity index (χ3v) is 3.14. The number of hydrogen-bond acceptors (Lipinski definition) is 3. The monoisotopic (exact) mass is 226 g/mol.